The van der Waals surface area contributed by atoms with Crippen LogP contribution in [0.4, 0.5) is 0 Å². The molecule has 2 aromatic heterocycles. The molecule has 0 bridgehead atoms. The molecule has 1 fully saturated rings. The molecule has 0 aliphatic carbocycles. The first-order valence-corrected chi connectivity index (χ1v) is 7.23. The van der Waals surface area contributed by atoms with Gasteiger partial charge in [-0.25, -0.2) is 9.50 Å². The molecule has 0 saturated carbocycles. The van der Waals surface area contributed by atoms with Gasteiger partial charge in [0.05, 0.1) is 5.56 Å². The van der Waals surface area contributed by atoms with Crippen LogP contribution >= 0.6 is 0 Å². The Morgan fingerprint density at radius 1 is 1.45 bits per heavy atom. The highest BCUT2D eigenvalue weighted by molar-refractivity contribution is 5.83. The molecule has 1 saturated heterocycles. The normalized spacial score (nSPS) is 20.6. The third kappa shape index (κ3) is 2.33. The largest absolute Gasteiger partial charge is 0.300 e. The number of rotatable bonds is 3. The van der Waals surface area contributed by atoms with Crippen molar-refractivity contribution in [1.29, 1.82) is 0 Å². The van der Waals surface area contributed by atoms with E-state index in [1.807, 2.05) is 12.3 Å². The molecule has 1 unspecified atom stereocenters. The second-order valence-corrected chi connectivity index (χ2v) is 5.75. The highest BCUT2D eigenvalue weighted by atomic mass is 16.1. The Morgan fingerprint density at radius 2 is 2.30 bits per heavy atom. The third-order valence-corrected chi connectivity index (χ3v) is 4.08. The minimum Gasteiger partial charge on any atom is -0.300 e. The van der Waals surface area contributed by atoms with Crippen molar-refractivity contribution < 1.29 is 4.79 Å². The van der Waals surface area contributed by atoms with Crippen LogP contribution in [-0.2, 0) is 0 Å². The molecule has 106 valence electrons. The zero-order chi connectivity index (χ0) is 14.1. The average molecular weight is 272 g/mol. The van der Waals surface area contributed by atoms with Crippen LogP contribution in [0.3, 0.4) is 0 Å². The van der Waals surface area contributed by atoms with Gasteiger partial charge >= 0.3 is 0 Å². The average Bonchev–Trinajstić information content (AvgIpc) is 2.91. The SMILES string of the molecule is CC(C)N1CCCC(c2nc3c(C=O)cccn3n2)C1. The van der Waals surface area contributed by atoms with Crippen molar-refractivity contribution in [3.05, 3.63) is 29.7 Å². The molecular formula is C15H20N4O. The van der Waals surface area contributed by atoms with Crippen LogP contribution in [-0.4, -0.2) is 44.9 Å². The number of aromatic nitrogens is 3. The fourth-order valence-electron chi connectivity index (χ4n) is 2.89. The molecule has 20 heavy (non-hydrogen) atoms. The van der Waals surface area contributed by atoms with Crippen LogP contribution in [0.2, 0.25) is 0 Å². The van der Waals surface area contributed by atoms with E-state index in [1.165, 1.54) is 6.42 Å². The van der Waals surface area contributed by atoms with Crippen molar-refractivity contribution in [1.82, 2.24) is 19.5 Å². The minimum absolute atomic E-state index is 0.366. The summed E-state index contributed by atoms with van der Waals surface area (Å²) >= 11 is 0. The van der Waals surface area contributed by atoms with E-state index >= 15 is 0 Å². The predicted octanol–water partition coefficient (Wildman–Crippen LogP) is 2.13. The van der Waals surface area contributed by atoms with Crippen molar-refractivity contribution in [3.8, 4) is 0 Å². The molecule has 1 aliphatic heterocycles. The molecule has 2 aromatic rings. The summed E-state index contributed by atoms with van der Waals surface area (Å²) in [5.41, 5.74) is 1.27. The van der Waals surface area contributed by atoms with Gasteiger partial charge in [-0.15, -0.1) is 0 Å². The Balaban J connectivity index is 1.92. The van der Waals surface area contributed by atoms with E-state index in [2.05, 4.69) is 28.8 Å². The van der Waals surface area contributed by atoms with Gasteiger partial charge in [0, 0.05) is 24.7 Å². The summed E-state index contributed by atoms with van der Waals surface area (Å²) in [7, 11) is 0. The van der Waals surface area contributed by atoms with Crippen LogP contribution in [0.1, 0.15) is 48.8 Å². The lowest BCUT2D eigenvalue weighted by molar-refractivity contribution is 0.112. The van der Waals surface area contributed by atoms with E-state index in [0.717, 1.165) is 31.6 Å². The first-order valence-electron chi connectivity index (χ1n) is 7.23. The number of hydrogen-bond acceptors (Lipinski definition) is 4. The van der Waals surface area contributed by atoms with E-state index in [-0.39, 0.29) is 0 Å². The Hall–Kier alpha value is -1.75. The van der Waals surface area contributed by atoms with Crippen molar-refractivity contribution >= 4 is 11.9 Å². The van der Waals surface area contributed by atoms with Gasteiger partial charge in [0.25, 0.3) is 0 Å². The fourth-order valence-corrected chi connectivity index (χ4v) is 2.89. The molecule has 0 spiro atoms. The van der Waals surface area contributed by atoms with Gasteiger partial charge in [-0.1, -0.05) is 0 Å². The second-order valence-electron chi connectivity index (χ2n) is 5.75. The lowest BCUT2D eigenvalue weighted by Crippen LogP contribution is -2.39. The minimum atomic E-state index is 0.366. The molecule has 0 N–H and O–H groups in total. The number of hydrogen-bond donors (Lipinski definition) is 0. The number of nitrogens with zero attached hydrogens (tertiary/aromatic N) is 4. The molecule has 0 radical (unpaired) electrons. The van der Waals surface area contributed by atoms with Gasteiger partial charge < -0.3 is 4.90 Å². The van der Waals surface area contributed by atoms with Crippen molar-refractivity contribution in [2.45, 2.75) is 38.6 Å². The number of carbonyl (C=O) groups is 1. The number of fused-ring (bicyclic) bond motifs is 1. The van der Waals surface area contributed by atoms with Crippen LogP contribution in [0, 0.1) is 0 Å². The molecule has 3 rings (SSSR count). The van der Waals surface area contributed by atoms with Gasteiger partial charge in [0.2, 0.25) is 0 Å². The van der Waals surface area contributed by atoms with Gasteiger partial charge in [-0.3, -0.25) is 4.79 Å². The first kappa shape index (κ1) is 13.2. The van der Waals surface area contributed by atoms with Crippen molar-refractivity contribution in [3.63, 3.8) is 0 Å². The van der Waals surface area contributed by atoms with E-state index < -0.39 is 0 Å². The van der Waals surface area contributed by atoms with Crippen LogP contribution in [0.5, 0.6) is 0 Å². The maximum Gasteiger partial charge on any atom is 0.166 e. The summed E-state index contributed by atoms with van der Waals surface area (Å²) in [6.07, 6.45) is 4.99. The molecule has 0 aromatic carbocycles. The second kappa shape index (κ2) is 5.32. The zero-order valence-electron chi connectivity index (χ0n) is 12.0. The van der Waals surface area contributed by atoms with Crippen LogP contribution in [0.15, 0.2) is 18.3 Å². The quantitative estimate of drug-likeness (QED) is 0.803. The summed E-state index contributed by atoms with van der Waals surface area (Å²) in [5.74, 6) is 1.23. The summed E-state index contributed by atoms with van der Waals surface area (Å²) in [5, 5.41) is 4.56. The number of aldehydes is 1. The number of likely N-dealkylation sites (tertiary alicyclic amines) is 1. The maximum absolute atomic E-state index is 11.1. The molecule has 1 aliphatic rings. The smallest absolute Gasteiger partial charge is 0.166 e. The molecule has 3 heterocycles. The monoisotopic (exact) mass is 272 g/mol. The Morgan fingerprint density at radius 3 is 3.05 bits per heavy atom. The number of pyridine rings is 1. The highest BCUT2D eigenvalue weighted by Crippen LogP contribution is 2.26. The number of carbonyl (C=O) groups excluding carboxylic acids is 1. The summed E-state index contributed by atoms with van der Waals surface area (Å²) in [6.45, 7) is 6.61. The fraction of sp³-hybridized carbons (Fsp3) is 0.533. The third-order valence-electron chi connectivity index (χ3n) is 4.08. The lowest BCUT2D eigenvalue weighted by Gasteiger charge is -2.34. The van der Waals surface area contributed by atoms with E-state index in [1.54, 1.807) is 10.6 Å². The van der Waals surface area contributed by atoms with E-state index in [0.29, 0.717) is 23.2 Å². The van der Waals surface area contributed by atoms with E-state index in [4.69, 9.17) is 0 Å². The van der Waals surface area contributed by atoms with Crippen molar-refractivity contribution in [2.75, 3.05) is 13.1 Å². The highest BCUT2D eigenvalue weighted by Gasteiger charge is 2.26. The Kier molecular flexibility index (Phi) is 3.53. The topological polar surface area (TPSA) is 50.5 Å². The van der Waals surface area contributed by atoms with Crippen molar-refractivity contribution in [2.24, 2.45) is 0 Å². The van der Waals surface area contributed by atoms with Crippen LogP contribution in [0.25, 0.3) is 5.65 Å². The van der Waals surface area contributed by atoms with Gasteiger partial charge in [-0.2, -0.15) is 5.10 Å². The Labute approximate surface area is 118 Å². The maximum atomic E-state index is 11.1. The van der Waals surface area contributed by atoms with Gasteiger partial charge in [0.15, 0.2) is 17.8 Å². The Bertz CT molecular complexity index is 619. The van der Waals surface area contributed by atoms with Crippen LogP contribution < -0.4 is 0 Å². The molecule has 5 nitrogen and oxygen atoms in total. The molecule has 1 atom stereocenters. The standard InChI is InChI=1S/C15H20N4O/c1-11(2)18-7-3-5-12(9-18)14-16-15-13(10-20)6-4-8-19(15)17-14/h4,6,8,10-12H,3,5,7,9H2,1-2H3. The molecule has 5 heteroatoms. The summed E-state index contributed by atoms with van der Waals surface area (Å²) in [6, 6.07) is 4.17. The summed E-state index contributed by atoms with van der Waals surface area (Å²) in [4.78, 5) is 18.1. The summed E-state index contributed by atoms with van der Waals surface area (Å²) < 4.78 is 1.72. The van der Waals surface area contributed by atoms with Gasteiger partial charge in [-0.05, 0) is 45.4 Å². The zero-order valence-corrected chi connectivity index (χ0v) is 12.0. The number of piperidine rings is 1. The first-order chi connectivity index (χ1) is 9.69. The molecular weight excluding hydrogens is 252 g/mol. The predicted molar refractivity (Wildman–Crippen MR) is 77.1 cm³/mol. The molecule has 0 amide bonds. The van der Waals surface area contributed by atoms with E-state index in [9.17, 15) is 4.79 Å². The van der Waals surface area contributed by atoms with Gasteiger partial charge in [0.1, 0.15) is 0 Å². The lowest BCUT2D eigenvalue weighted by atomic mass is 9.96.